The van der Waals surface area contributed by atoms with Gasteiger partial charge < -0.3 is 14.2 Å². The molecule has 0 unspecified atom stereocenters. The van der Waals surface area contributed by atoms with Crippen LogP contribution in [0.5, 0.6) is 11.5 Å². The van der Waals surface area contributed by atoms with Gasteiger partial charge in [-0.05, 0) is 37.6 Å². The summed E-state index contributed by atoms with van der Waals surface area (Å²) in [5.41, 5.74) is 0.774. The van der Waals surface area contributed by atoms with Crippen LogP contribution in [0.4, 0.5) is 0 Å². The van der Waals surface area contributed by atoms with Crippen LogP contribution in [-0.2, 0) is 9.53 Å². The molecule has 1 aliphatic rings. The van der Waals surface area contributed by atoms with E-state index < -0.39 is 5.97 Å². The first-order valence-electron chi connectivity index (χ1n) is 7.58. The molecule has 0 saturated heterocycles. The van der Waals surface area contributed by atoms with Crippen molar-refractivity contribution in [2.24, 2.45) is 10.4 Å². The van der Waals surface area contributed by atoms with Gasteiger partial charge in [-0.15, -0.1) is 0 Å². The van der Waals surface area contributed by atoms with Crippen molar-refractivity contribution in [1.82, 2.24) is 0 Å². The van der Waals surface area contributed by atoms with Crippen molar-refractivity contribution >= 4 is 17.9 Å². The van der Waals surface area contributed by atoms with Gasteiger partial charge in [-0.2, -0.15) is 0 Å². The number of methoxy groups -OCH3 is 1. The normalized spacial score (nSPS) is 16.6. The molecule has 1 aromatic rings. The maximum atomic E-state index is 11.9. The fraction of sp³-hybridized carbons (Fsp3) is 0.444. The molecule has 5 nitrogen and oxygen atoms in total. The summed E-state index contributed by atoms with van der Waals surface area (Å²) in [7, 11) is 1.58. The summed E-state index contributed by atoms with van der Waals surface area (Å²) < 4.78 is 16.3. The van der Waals surface area contributed by atoms with E-state index >= 15 is 0 Å². The molecule has 124 valence electrons. The highest BCUT2D eigenvalue weighted by Crippen LogP contribution is 2.31. The molecule has 0 spiro atoms. The third-order valence-electron chi connectivity index (χ3n) is 3.12. The van der Waals surface area contributed by atoms with Gasteiger partial charge in [-0.1, -0.05) is 26.8 Å². The molecular formula is C18H23NO4. The zero-order valence-corrected chi connectivity index (χ0v) is 14.5. The van der Waals surface area contributed by atoms with E-state index in [0.29, 0.717) is 17.4 Å². The van der Waals surface area contributed by atoms with Crippen LogP contribution in [0.3, 0.4) is 0 Å². The lowest BCUT2D eigenvalue weighted by Crippen LogP contribution is -2.21. The minimum atomic E-state index is -0.434. The Bertz CT molecular complexity index is 666. The zero-order valence-electron chi connectivity index (χ0n) is 14.5. The number of cyclic esters (lactones) is 1. The summed E-state index contributed by atoms with van der Waals surface area (Å²) in [5.74, 6) is 1.27. The number of aliphatic imine (C=N–C) groups is 1. The molecule has 0 amide bonds. The molecule has 1 heterocycles. The smallest absolute Gasteiger partial charge is 0.363 e. The molecule has 0 saturated carbocycles. The Labute approximate surface area is 137 Å². The van der Waals surface area contributed by atoms with Crippen LogP contribution < -0.4 is 9.47 Å². The number of ether oxygens (including phenoxy) is 3. The Hall–Kier alpha value is -2.30. The lowest BCUT2D eigenvalue weighted by molar-refractivity contribution is -0.130. The van der Waals surface area contributed by atoms with Crippen molar-refractivity contribution in [3.8, 4) is 11.5 Å². The number of hydrogen-bond acceptors (Lipinski definition) is 5. The average Bonchev–Trinajstić information content (AvgIpc) is 2.81. The molecule has 0 radical (unpaired) electrons. The molecular weight excluding hydrogens is 294 g/mol. The van der Waals surface area contributed by atoms with E-state index in [-0.39, 0.29) is 17.2 Å². The van der Waals surface area contributed by atoms with Gasteiger partial charge in [0.15, 0.2) is 17.2 Å². The number of nitrogens with zero attached hydrogens (tertiary/aromatic N) is 1. The minimum Gasteiger partial charge on any atom is -0.493 e. The van der Waals surface area contributed by atoms with E-state index in [1.54, 1.807) is 13.2 Å². The van der Waals surface area contributed by atoms with Crippen molar-refractivity contribution in [3.63, 3.8) is 0 Å². The number of benzene rings is 1. The van der Waals surface area contributed by atoms with E-state index in [9.17, 15) is 4.79 Å². The van der Waals surface area contributed by atoms with Crippen molar-refractivity contribution in [3.05, 3.63) is 29.5 Å². The van der Waals surface area contributed by atoms with Gasteiger partial charge in [-0.3, -0.25) is 0 Å². The Morgan fingerprint density at radius 1 is 1.22 bits per heavy atom. The predicted octanol–water partition coefficient (Wildman–Crippen LogP) is 3.82. The van der Waals surface area contributed by atoms with Crippen molar-refractivity contribution in [2.45, 2.75) is 40.7 Å². The predicted molar refractivity (Wildman–Crippen MR) is 89.7 cm³/mol. The van der Waals surface area contributed by atoms with E-state index in [4.69, 9.17) is 14.2 Å². The first kappa shape index (κ1) is 17.1. The Morgan fingerprint density at radius 2 is 1.91 bits per heavy atom. The highest BCUT2D eigenvalue weighted by Gasteiger charge is 2.31. The maximum Gasteiger partial charge on any atom is 0.363 e. The average molecular weight is 317 g/mol. The van der Waals surface area contributed by atoms with Gasteiger partial charge in [0.25, 0.3) is 0 Å². The molecule has 0 N–H and O–H groups in total. The van der Waals surface area contributed by atoms with Gasteiger partial charge >= 0.3 is 5.97 Å². The molecule has 23 heavy (non-hydrogen) atoms. The third kappa shape index (κ3) is 4.12. The lowest BCUT2D eigenvalue weighted by Gasteiger charge is -2.15. The molecule has 2 rings (SSSR count). The van der Waals surface area contributed by atoms with Crippen LogP contribution in [0.1, 0.15) is 40.2 Å². The highest BCUT2D eigenvalue weighted by atomic mass is 16.6. The summed E-state index contributed by atoms with van der Waals surface area (Å²) in [6.07, 6.45) is 1.74. The third-order valence-corrected chi connectivity index (χ3v) is 3.12. The molecule has 1 aliphatic heterocycles. The summed E-state index contributed by atoms with van der Waals surface area (Å²) in [6.45, 7) is 9.74. The van der Waals surface area contributed by atoms with E-state index in [2.05, 4.69) is 4.99 Å². The topological polar surface area (TPSA) is 57.1 Å². The monoisotopic (exact) mass is 317 g/mol. The summed E-state index contributed by atoms with van der Waals surface area (Å²) in [5, 5.41) is 0. The Kier molecular flexibility index (Phi) is 4.78. The first-order valence-corrected chi connectivity index (χ1v) is 7.58. The van der Waals surface area contributed by atoms with Crippen molar-refractivity contribution in [1.29, 1.82) is 0 Å². The molecule has 5 heteroatoms. The lowest BCUT2D eigenvalue weighted by atomic mass is 9.97. The summed E-state index contributed by atoms with van der Waals surface area (Å²) in [4.78, 5) is 16.2. The molecule has 0 atom stereocenters. The van der Waals surface area contributed by atoms with Gasteiger partial charge in [0.2, 0.25) is 5.90 Å². The summed E-state index contributed by atoms with van der Waals surface area (Å²) in [6, 6.07) is 5.48. The standard InChI is InChI=1S/C18H23NO4/c1-11(2)22-14-8-7-12(10-15(14)21-6)9-13-16(20)23-17(19-13)18(3,4)5/h7-11H,1-6H3/b13-9-. The van der Waals surface area contributed by atoms with Gasteiger partial charge in [0, 0.05) is 5.41 Å². The van der Waals surface area contributed by atoms with Crippen LogP contribution in [0.25, 0.3) is 6.08 Å². The van der Waals surface area contributed by atoms with Crippen LogP contribution in [0.15, 0.2) is 28.9 Å². The van der Waals surface area contributed by atoms with Crippen LogP contribution in [0.2, 0.25) is 0 Å². The van der Waals surface area contributed by atoms with Gasteiger partial charge in [0.05, 0.1) is 13.2 Å². The van der Waals surface area contributed by atoms with Gasteiger partial charge in [0.1, 0.15) is 0 Å². The van der Waals surface area contributed by atoms with E-state index in [1.165, 1.54) is 0 Å². The molecule has 0 aromatic heterocycles. The quantitative estimate of drug-likeness (QED) is 0.625. The van der Waals surface area contributed by atoms with Crippen LogP contribution >= 0.6 is 0 Å². The largest absolute Gasteiger partial charge is 0.493 e. The van der Waals surface area contributed by atoms with Crippen molar-refractivity contribution < 1.29 is 19.0 Å². The maximum absolute atomic E-state index is 11.9. The van der Waals surface area contributed by atoms with Crippen LogP contribution in [0, 0.1) is 5.41 Å². The van der Waals surface area contributed by atoms with E-state index in [1.807, 2.05) is 52.8 Å². The zero-order chi connectivity index (χ0) is 17.2. The fourth-order valence-electron chi connectivity index (χ4n) is 2.01. The summed E-state index contributed by atoms with van der Waals surface area (Å²) >= 11 is 0. The van der Waals surface area contributed by atoms with Crippen LogP contribution in [-0.4, -0.2) is 25.1 Å². The molecule has 0 fully saturated rings. The second-order valence-corrected chi connectivity index (χ2v) is 6.66. The molecule has 0 bridgehead atoms. The Balaban J connectivity index is 2.32. The SMILES string of the molecule is COc1cc(/C=C2\N=C(C(C)(C)C)OC2=O)ccc1OC(C)C. The second-order valence-electron chi connectivity index (χ2n) is 6.66. The number of carbonyl (C=O) groups excluding carboxylic acids is 1. The number of esters is 1. The molecule has 0 aliphatic carbocycles. The minimum absolute atomic E-state index is 0.0526. The number of rotatable bonds is 4. The fourth-order valence-corrected chi connectivity index (χ4v) is 2.01. The van der Waals surface area contributed by atoms with E-state index in [0.717, 1.165) is 5.56 Å². The second kappa shape index (κ2) is 6.44. The highest BCUT2D eigenvalue weighted by molar-refractivity contribution is 6.08. The molecule has 1 aromatic carbocycles. The first-order chi connectivity index (χ1) is 10.7. The Morgan fingerprint density at radius 3 is 2.43 bits per heavy atom. The van der Waals surface area contributed by atoms with Gasteiger partial charge in [-0.25, -0.2) is 9.79 Å². The van der Waals surface area contributed by atoms with Crippen molar-refractivity contribution in [2.75, 3.05) is 7.11 Å². The number of carbonyl (C=O) groups is 1. The number of hydrogen-bond donors (Lipinski definition) is 0.